The molecule has 9 nitrogen and oxygen atoms in total. The summed E-state index contributed by atoms with van der Waals surface area (Å²) in [6.07, 6.45) is 1.57. The van der Waals surface area contributed by atoms with Crippen molar-refractivity contribution in [3.8, 4) is 5.69 Å². The molecule has 0 aliphatic carbocycles. The van der Waals surface area contributed by atoms with Crippen molar-refractivity contribution in [3.63, 3.8) is 0 Å². The van der Waals surface area contributed by atoms with Crippen LogP contribution in [-0.2, 0) is 10.0 Å². The normalized spacial score (nSPS) is 16.4. The summed E-state index contributed by atoms with van der Waals surface area (Å²) in [5.41, 5.74) is 0.658. The van der Waals surface area contributed by atoms with Crippen LogP contribution in [0.1, 0.15) is 37.9 Å². The van der Waals surface area contributed by atoms with Crippen LogP contribution in [0.3, 0.4) is 0 Å². The van der Waals surface area contributed by atoms with E-state index >= 15 is 0 Å². The van der Waals surface area contributed by atoms with E-state index in [1.165, 1.54) is 11.8 Å². The zero-order chi connectivity index (χ0) is 32.4. The molecule has 17 heteroatoms. The Bertz CT molecular complexity index is 1980. The molecule has 5 rings (SSSR count). The van der Waals surface area contributed by atoms with Gasteiger partial charge in [-0.05, 0) is 37.5 Å². The molecule has 1 unspecified atom stereocenters. The van der Waals surface area contributed by atoms with Crippen LogP contribution in [0.2, 0.25) is 5.15 Å². The number of halogens is 7. The highest BCUT2D eigenvalue weighted by Crippen LogP contribution is 2.34. The van der Waals surface area contributed by atoms with Crippen molar-refractivity contribution < 1.29 is 34.8 Å². The minimum Gasteiger partial charge on any atom is -0.350 e. The highest BCUT2D eigenvalue weighted by atomic mass is 35.5. The summed E-state index contributed by atoms with van der Waals surface area (Å²) in [4.78, 5) is 25.8. The number of aryl methyl sites for hydroxylation is 1. The predicted molar refractivity (Wildman–Crippen MR) is 149 cm³/mol. The van der Waals surface area contributed by atoms with E-state index in [-0.39, 0.29) is 29.3 Å². The van der Waals surface area contributed by atoms with Crippen LogP contribution >= 0.6 is 11.6 Å². The Morgan fingerprint density at radius 1 is 0.977 bits per heavy atom. The zero-order valence-electron chi connectivity index (χ0n) is 23.5. The number of anilines is 1. The van der Waals surface area contributed by atoms with E-state index in [1.54, 1.807) is 19.2 Å². The summed E-state index contributed by atoms with van der Waals surface area (Å²) in [6.45, 7) is 5.64. The maximum atomic E-state index is 14.8. The minimum atomic E-state index is -5.22. The number of aromatic nitrogens is 4. The van der Waals surface area contributed by atoms with Gasteiger partial charge in [0.15, 0.2) is 44.8 Å². The Hall–Kier alpha value is -3.76. The smallest absolute Gasteiger partial charge is 0.350 e. The molecular weight excluding hydrogens is 638 g/mol. The fourth-order valence-corrected chi connectivity index (χ4v) is 6.95. The number of sulfonamides is 1. The average Bonchev–Trinajstić information content (AvgIpc) is 2.96. The highest BCUT2D eigenvalue weighted by molar-refractivity contribution is 7.89. The molecule has 1 aliphatic rings. The van der Waals surface area contributed by atoms with Gasteiger partial charge in [-0.1, -0.05) is 25.4 Å². The molecule has 0 radical (unpaired) electrons. The van der Waals surface area contributed by atoms with E-state index in [4.69, 9.17) is 11.6 Å². The lowest BCUT2D eigenvalue weighted by atomic mass is 10.0. The zero-order valence-corrected chi connectivity index (χ0v) is 25.0. The number of piperazine rings is 1. The maximum absolute atomic E-state index is 14.8. The Balaban J connectivity index is 1.62. The molecule has 3 aromatic heterocycles. The monoisotopic (exact) mass is 660 g/mol. The van der Waals surface area contributed by atoms with Crippen LogP contribution in [0.25, 0.3) is 16.7 Å². The largest absolute Gasteiger partial charge is 0.355 e. The second-order valence-electron chi connectivity index (χ2n) is 10.5. The molecule has 0 amide bonds. The number of hydrogen-bond donors (Lipinski definition) is 0. The van der Waals surface area contributed by atoms with Crippen molar-refractivity contribution in [1.29, 1.82) is 0 Å². The number of pyridine rings is 2. The lowest BCUT2D eigenvalue weighted by Gasteiger charge is -2.40. The lowest BCUT2D eigenvalue weighted by molar-refractivity contribution is 0.326. The van der Waals surface area contributed by atoms with Crippen molar-refractivity contribution in [3.05, 3.63) is 80.1 Å². The first-order valence-corrected chi connectivity index (χ1v) is 14.9. The summed E-state index contributed by atoms with van der Waals surface area (Å²) >= 11 is 6.03. The molecule has 4 aromatic rings. The van der Waals surface area contributed by atoms with Crippen LogP contribution in [0.15, 0.2) is 28.0 Å². The summed E-state index contributed by atoms with van der Waals surface area (Å²) in [5.74, 6) is -13.4. The van der Waals surface area contributed by atoms with E-state index in [0.717, 1.165) is 10.6 Å². The summed E-state index contributed by atoms with van der Waals surface area (Å²) < 4.78 is 113. The Morgan fingerprint density at radius 2 is 1.59 bits per heavy atom. The lowest BCUT2D eigenvalue weighted by Crippen LogP contribution is -2.54. The first-order chi connectivity index (χ1) is 20.6. The van der Waals surface area contributed by atoms with Crippen molar-refractivity contribution in [2.75, 3.05) is 24.5 Å². The number of rotatable bonds is 5. The molecule has 44 heavy (non-hydrogen) atoms. The molecule has 1 aromatic carbocycles. The van der Waals surface area contributed by atoms with Crippen molar-refractivity contribution in [2.24, 2.45) is 0 Å². The number of fused-ring (bicyclic) bond motifs is 1. The number of nitrogens with zero attached hydrogens (tertiary/aromatic N) is 6. The third kappa shape index (κ3) is 4.98. The van der Waals surface area contributed by atoms with Crippen LogP contribution in [0.4, 0.5) is 32.2 Å². The third-order valence-corrected chi connectivity index (χ3v) is 9.46. The van der Waals surface area contributed by atoms with Gasteiger partial charge < -0.3 is 4.90 Å². The molecule has 1 atom stereocenters. The molecular formula is C27H23ClF6N6O3S. The van der Waals surface area contributed by atoms with Gasteiger partial charge in [0.05, 0.1) is 16.8 Å². The van der Waals surface area contributed by atoms with E-state index in [9.17, 15) is 39.6 Å². The van der Waals surface area contributed by atoms with Crippen LogP contribution in [0, 0.1) is 41.8 Å². The molecule has 0 N–H and O–H groups in total. The van der Waals surface area contributed by atoms with Gasteiger partial charge in [-0.25, -0.2) is 49.1 Å². The van der Waals surface area contributed by atoms with Gasteiger partial charge >= 0.3 is 5.69 Å². The molecule has 4 heterocycles. The summed E-state index contributed by atoms with van der Waals surface area (Å²) in [6, 6.07) is 1.80. The van der Waals surface area contributed by atoms with Gasteiger partial charge in [-0.15, -0.1) is 0 Å². The molecule has 1 fully saturated rings. The average molecular weight is 661 g/mol. The van der Waals surface area contributed by atoms with E-state index < -0.39 is 79.8 Å². The molecule has 0 saturated carbocycles. The molecule has 234 valence electrons. The molecule has 1 aliphatic heterocycles. The molecule has 1 saturated heterocycles. The second-order valence-corrected chi connectivity index (χ2v) is 12.7. The van der Waals surface area contributed by atoms with Gasteiger partial charge in [-0.2, -0.15) is 9.29 Å². The Morgan fingerprint density at radius 3 is 2.18 bits per heavy atom. The van der Waals surface area contributed by atoms with Gasteiger partial charge in [0.25, 0.3) is 0 Å². The Labute approximate surface area is 251 Å². The quantitative estimate of drug-likeness (QED) is 0.129. The number of benzene rings is 1. The minimum absolute atomic E-state index is 0.0346. The van der Waals surface area contributed by atoms with Crippen LogP contribution < -0.4 is 10.6 Å². The van der Waals surface area contributed by atoms with Crippen molar-refractivity contribution in [2.45, 2.75) is 44.6 Å². The first-order valence-electron chi connectivity index (χ1n) is 13.1. The summed E-state index contributed by atoms with van der Waals surface area (Å²) in [7, 11) is -5.22. The predicted octanol–water partition coefficient (Wildman–Crippen LogP) is 4.99. The Kier molecular flexibility index (Phi) is 8.13. The number of hydrogen-bond acceptors (Lipinski definition) is 7. The topological polar surface area (TPSA) is 101 Å². The van der Waals surface area contributed by atoms with Gasteiger partial charge in [0.1, 0.15) is 5.82 Å². The van der Waals surface area contributed by atoms with Gasteiger partial charge in [-0.3, -0.25) is 4.98 Å². The first kappa shape index (κ1) is 31.7. The standard InChI is InChI=1S/C27H23ClF6N6O3S/c1-11(2)21-22(12(3)5-6-35-21)40-26-14(9-15(29)24(28)36-26)25(37-27(40)41)39-8-7-38(10-13(39)4)44(42,43)23-19(33)17(31)16(30)18(32)20(23)34/h5-6,9,11,13H,7-8,10H2,1-4H3. The van der Waals surface area contributed by atoms with Crippen molar-refractivity contribution in [1.82, 2.24) is 23.8 Å². The molecule has 0 spiro atoms. The highest BCUT2D eigenvalue weighted by Gasteiger charge is 2.40. The van der Waals surface area contributed by atoms with Gasteiger partial charge in [0.2, 0.25) is 15.8 Å². The summed E-state index contributed by atoms with van der Waals surface area (Å²) in [5, 5.41) is -0.491. The SMILES string of the molecule is Cc1ccnc(C(C)C)c1-n1c(=O)nc(N2CCN(S(=O)(=O)c3c(F)c(F)c(F)c(F)c3F)CC2C)c2cc(F)c(Cl)nc21. The van der Waals surface area contributed by atoms with E-state index in [0.29, 0.717) is 21.2 Å². The van der Waals surface area contributed by atoms with E-state index in [1.807, 2.05) is 13.8 Å². The maximum Gasteiger partial charge on any atom is 0.355 e. The van der Waals surface area contributed by atoms with Crippen LogP contribution in [-0.4, -0.2) is 57.9 Å². The second kappa shape index (κ2) is 11.3. The third-order valence-electron chi connectivity index (χ3n) is 7.31. The molecule has 0 bridgehead atoms. The van der Waals surface area contributed by atoms with Gasteiger partial charge in [0, 0.05) is 31.9 Å². The fraction of sp³-hybridized carbons (Fsp3) is 0.333. The van der Waals surface area contributed by atoms with Crippen molar-refractivity contribution >= 4 is 38.5 Å². The fourth-order valence-electron chi connectivity index (χ4n) is 5.19. The van der Waals surface area contributed by atoms with E-state index in [2.05, 4.69) is 15.0 Å². The van der Waals surface area contributed by atoms with Crippen LogP contribution in [0.5, 0.6) is 0 Å².